The number of methoxy groups -OCH3 is 1. The minimum Gasteiger partial charge on any atom is -0.469 e. The minimum atomic E-state index is -0.238. The van der Waals surface area contributed by atoms with E-state index in [9.17, 15) is 4.79 Å². The van der Waals surface area contributed by atoms with Crippen molar-refractivity contribution in [3.05, 3.63) is 0 Å². The third-order valence-corrected chi connectivity index (χ3v) is 2.16. The van der Waals surface area contributed by atoms with E-state index in [1.165, 1.54) is 7.11 Å². The number of esters is 1. The minimum absolute atomic E-state index is 0.0791. The van der Waals surface area contributed by atoms with Crippen molar-refractivity contribution in [2.45, 2.75) is 12.5 Å². The summed E-state index contributed by atoms with van der Waals surface area (Å²) >= 11 is 0. The second kappa shape index (κ2) is 5.63. The lowest BCUT2D eigenvalue weighted by molar-refractivity contribution is -0.145. The number of morpholine rings is 1. The monoisotopic (exact) mass is 197 g/mol. The Labute approximate surface area is 84.2 Å². The summed E-state index contributed by atoms with van der Waals surface area (Å²) in [7, 11) is 1.38. The molecule has 0 aliphatic carbocycles. The van der Waals surface area contributed by atoms with E-state index in [1.54, 1.807) is 0 Å². The van der Waals surface area contributed by atoms with Crippen LogP contribution in [0.3, 0.4) is 0 Å². The first-order chi connectivity index (χ1) is 6.76. The lowest BCUT2D eigenvalue weighted by atomic mass is 10.2. The molecule has 0 spiro atoms. The van der Waals surface area contributed by atoms with Gasteiger partial charge in [-0.1, -0.05) is 5.92 Å². The summed E-state index contributed by atoms with van der Waals surface area (Å²) in [5.74, 6) is 2.34. The molecule has 4 heteroatoms. The van der Waals surface area contributed by atoms with Gasteiger partial charge in [-0.15, -0.1) is 6.42 Å². The molecule has 0 amide bonds. The first-order valence-corrected chi connectivity index (χ1v) is 4.60. The fourth-order valence-corrected chi connectivity index (χ4v) is 1.45. The van der Waals surface area contributed by atoms with E-state index < -0.39 is 0 Å². The number of carbonyl (C=O) groups excluding carboxylic acids is 1. The molecule has 0 aromatic rings. The van der Waals surface area contributed by atoms with E-state index >= 15 is 0 Å². The van der Waals surface area contributed by atoms with Crippen LogP contribution in [0.2, 0.25) is 0 Å². The van der Waals surface area contributed by atoms with Crippen LogP contribution >= 0.6 is 0 Å². The molecular weight excluding hydrogens is 182 g/mol. The maximum absolute atomic E-state index is 11.0. The average molecular weight is 197 g/mol. The van der Waals surface area contributed by atoms with Crippen LogP contribution in [-0.4, -0.2) is 50.3 Å². The summed E-state index contributed by atoms with van der Waals surface area (Å²) in [5.41, 5.74) is 0. The zero-order valence-electron chi connectivity index (χ0n) is 8.36. The van der Waals surface area contributed by atoms with Crippen molar-refractivity contribution in [1.82, 2.24) is 4.90 Å². The lowest BCUT2D eigenvalue weighted by Crippen LogP contribution is -2.43. The quantitative estimate of drug-likeness (QED) is 0.467. The van der Waals surface area contributed by atoms with E-state index in [0.29, 0.717) is 26.1 Å². The maximum Gasteiger partial charge on any atom is 0.308 e. The van der Waals surface area contributed by atoms with E-state index in [2.05, 4.69) is 15.6 Å². The van der Waals surface area contributed by atoms with Crippen molar-refractivity contribution in [1.29, 1.82) is 0 Å². The molecule has 1 atom stereocenters. The van der Waals surface area contributed by atoms with Crippen molar-refractivity contribution in [2.75, 3.05) is 33.4 Å². The van der Waals surface area contributed by atoms with Gasteiger partial charge in [-0.2, -0.15) is 0 Å². The van der Waals surface area contributed by atoms with Gasteiger partial charge in [0.1, 0.15) is 0 Å². The second-order valence-corrected chi connectivity index (χ2v) is 3.21. The number of hydrogen-bond acceptors (Lipinski definition) is 4. The van der Waals surface area contributed by atoms with Crippen molar-refractivity contribution in [3.8, 4) is 12.3 Å². The number of ether oxygens (including phenoxy) is 2. The normalized spacial score (nSPS) is 22.7. The van der Waals surface area contributed by atoms with Crippen LogP contribution in [0.5, 0.6) is 0 Å². The van der Waals surface area contributed by atoms with Crippen molar-refractivity contribution in [3.63, 3.8) is 0 Å². The van der Waals surface area contributed by atoms with E-state index in [-0.39, 0.29) is 12.1 Å². The molecule has 1 rings (SSSR count). The zero-order valence-corrected chi connectivity index (χ0v) is 8.36. The van der Waals surface area contributed by atoms with Gasteiger partial charge >= 0.3 is 5.97 Å². The van der Waals surface area contributed by atoms with Crippen molar-refractivity contribution < 1.29 is 14.3 Å². The third kappa shape index (κ3) is 3.36. The first-order valence-electron chi connectivity index (χ1n) is 4.60. The van der Waals surface area contributed by atoms with Crippen molar-refractivity contribution >= 4 is 5.97 Å². The Morgan fingerprint density at radius 1 is 1.79 bits per heavy atom. The van der Waals surface area contributed by atoms with Gasteiger partial charge in [-0.25, -0.2) is 0 Å². The molecule has 0 aromatic heterocycles. The van der Waals surface area contributed by atoms with Gasteiger partial charge in [0.15, 0.2) is 0 Å². The molecule has 1 fully saturated rings. The summed E-state index contributed by atoms with van der Waals surface area (Å²) in [5, 5.41) is 0. The zero-order chi connectivity index (χ0) is 10.4. The predicted molar refractivity (Wildman–Crippen MR) is 51.6 cm³/mol. The molecule has 0 radical (unpaired) electrons. The highest BCUT2D eigenvalue weighted by atomic mass is 16.5. The number of rotatable bonds is 3. The van der Waals surface area contributed by atoms with Crippen molar-refractivity contribution in [2.24, 2.45) is 0 Å². The molecule has 0 aromatic carbocycles. The topological polar surface area (TPSA) is 38.8 Å². The van der Waals surface area contributed by atoms with Gasteiger partial charge in [0.25, 0.3) is 0 Å². The van der Waals surface area contributed by atoms with Crippen LogP contribution in [0.25, 0.3) is 0 Å². The molecule has 0 N–H and O–H groups in total. The highest BCUT2D eigenvalue weighted by Gasteiger charge is 2.22. The highest BCUT2D eigenvalue weighted by Crippen LogP contribution is 2.08. The second-order valence-electron chi connectivity index (χ2n) is 3.21. The number of hydrogen-bond donors (Lipinski definition) is 0. The van der Waals surface area contributed by atoms with Crippen LogP contribution in [0, 0.1) is 12.3 Å². The summed E-state index contributed by atoms with van der Waals surface area (Å²) < 4.78 is 9.99. The Balaban J connectivity index is 2.33. The van der Waals surface area contributed by atoms with Gasteiger partial charge in [0.2, 0.25) is 0 Å². The predicted octanol–water partition coefficient (Wildman–Crippen LogP) is -0.117. The van der Waals surface area contributed by atoms with Crippen LogP contribution in [0.4, 0.5) is 0 Å². The standard InChI is InChI=1S/C10H15NO3/c1-3-4-11-5-6-14-9(8-11)7-10(12)13-2/h1,9H,4-8H2,2H3. The van der Waals surface area contributed by atoms with E-state index in [0.717, 1.165) is 6.54 Å². The van der Waals surface area contributed by atoms with E-state index in [1.807, 2.05) is 0 Å². The lowest BCUT2D eigenvalue weighted by Gasteiger charge is -2.30. The summed E-state index contributed by atoms with van der Waals surface area (Å²) in [6.45, 7) is 2.78. The summed E-state index contributed by atoms with van der Waals surface area (Å²) in [4.78, 5) is 13.1. The Hall–Kier alpha value is -1.05. The molecule has 1 saturated heterocycles. The molecule has 0 bridgehead atoms. The van der Waals surface area contributed by atoms with Crippen LogP contribution in [0.15, 0.2) is 0 Å². The number of carbonyl (C=O) groups is 1. The number of terminal acetylenes is 1. The van der Waals surface area contributed by atoms with Gasteiger partial charge in [-0.05, 0) is 0 Å². The molecule has 78 valence electrons. The third-order valence-electron chi connectivity index (χ3n) is 2.16. The van der Waals surface area contributed by atoms with Gasteiger partial charge in [0, 0.05) is 13.1 Å². The Bertz CT molecular complexity index is 234. The first kappa shape index (κ1) is 11.0. The molecule has 1 heterocycles. The molecule has 1 aliphatic rings. The fraction of sp³-hybridized carbons (Fsp3) is 0.700. The van der Waals surface area contributed by atoms with Crippen LogP contribution in [0.1, 0.15) is 6.42 Å². The molecule has 1 aliphatic heterocycles. The Morgan fingerprint density at radius 3 is 3.21 bits per heavy atom. The van der Waals surface area contributed by atoms with Gasteiger partial charge in [0.05, 0.1) is 32.8 Å². The molecule has 4 nitrogen and oxygen atoms in total. The molecule has 0 saturated carbocycles. The average Bonchev–Trinajstić information content (AvgIpc) is 2.19. The Kier molecular flexibility index (Phi) is 4.44. The smallest absolute Gasteiger partial charge is 0.308 e. The molecule has 14 heavy (non-hydrogen) atoms. The summed E-state index contributed by atoms with van der Waals surface area (Å²) in [6, 6.07) is 0. The Morgan fingerprint density at radius 2 is 2.57 bits per heavy atom. The van der Waals surface area contributed by atoms with Gasteiger partial charge < -0.3 is 9.47 Å². The molecular formula is C10H15NO3. The SMILES string of the molecule is C#CCN1CCOC(CC(=O)OC)C1. The largest absolute Gasteiger partial charge is 0.469 e. The summed E-state index contributed by atoms with van der Waals surface area (Å²) in [6.07, 6.45) is 5.43. The van der Waals surface area contributed by atoms with Crippen LogP contribution in [-0.2, 0) is 14.3 Å². The maximum atomic E-state index is 11.0. The van der Waals surface area contributed by atoms with Crippen LogP contribution < -0.4 is 0 Å². The highest BCUT2D eigenvalue weighted by molar-refractivity contribution is 5.69. The number of nitrogens with zero attached hydrogens (tertiary/aromatic N) is 1. The fourth-order valence-electron chi connectivity index (χ4n) is 1.45. The van der Waals surface area contributed by atoms with Gasteiger partial charge in [-0.3, -0.25) is 9.69 Å². The van der Waals surface area contributed by atoms with E-state index in [4.69, 9.17) is 11.2 Å². The molecule has 1 unspecified atom stereocenters.